The molecule has 0 amide bonds. The van der Waals surface area contributed by atoms with Crippen LogP contribution in [0.2, 0.25) is 5.02 Å². The van der Waals surface area contributed by atoms with E-state index in [9.17, 15) is 14.3 Å². The van der Waals surface area contributed by atoms with E-state index in [0.717, 1.165) is 37.2 Å². The lowest BCUT2D eigenvalue weighted by molar-refractivity contribution is -0.143. The van der Waals surface area contributed by atoms with Gasteiger partial charge >= 0.3 is 5.97 Å². The van der Waals surface area contributed by atoms with Crippen LogP contribution in [-0.2, 0) is 29.1 Å². The summed E-state index contributed by atoms with van der Waals surface area (Å²) in [5.74, 6) is 0.103. The number of benzene rings is 1. The summed E-state index contributed by atoms with van der Waals surface area (Å²) < 4.78 is 24.7. The highest BCUT2D eigenvalue weighted by molar-refractivity contribution is 6.30. The molecule has 1 aliphatic rings. The fourth-order valence-electron chi connectivity index (χ4n) is 4.40. The van der Waals surface area contributed by atoms with Crippen LogP contribution in [0.15, 0.2) is 48.5 Å². The van der Waals surface area contributed by atoms with Crippen molar-refractivity contribution in [2.24, 2.45) is 0 Å². The normalized spacial score (nSPS) is 14.5. The van der Waals surface area contributed by atoms with Gasteiger partial charge in [-0.05, 0) is 57.1 Å². The van der Waals surface area contributed by atoms with Crippen molar-refractivity contribution in [3.63, 3.8) is 0 Å². The predicted octanol–water partition coefficient (Wildman–Crippen LogP) is 5.43. The van der Waals surface area contributed by atoms with Crippen molar-refractivity contribution in [3.05, 3.63) is 81.9 Å². The number of nitrogens with zero attached hydrogens (tertiary/aromatic N) is 3. The Hall–Kier alpha value is -3.23. The van der Waals surface area contributed by atoms with E-state index < -0.39 is 5.82 Å². The van der Waals surface area contributed by atoms with Crippen molar-refractivity contribution in [3.8, 4) is 11.8 Å². The highest BCUT2D eigenvalue weighted by atomic mass is 35.5. The molecule has 3 aromatic rings. The molecule has 196 valence electrons. The van der Waals surface area contributed by atoms with Gasteiger partial charge in [-0.1, -0.05) is 29.8 Å². The van der Waals surface area contributed by atoms with E-state index in [1.165, 1.54) is 6.07 Å². The fraction of sp³-hybridized carbons (Fsp3) is 0.393. The summed E-state index contributed by atoms with van der Waals surface area (Å²) in [6.07, 6.45) is 2.52. The minimum atomic E-state index is -0.399. The Morgan fingerprint density at radius 2 is 1.92 bits per heavy atom. The highest BCUT2D eigenvalue weighted by Gasteiger charge is 2.23. The number of pyridine rings is 2. The molecule has 0 saturated carbocycles. The Morgan fingerprint density at radius 3 is 2.65 bits per heavy atom. The third kappa shape index (κ3) is 7.63. The number of esters is 1. The molecule has 1 N–H and O–H groups in total. The third-order valence-electron chi connectivity index (χ3n) is 6.44. The number of likely N-dealkylation sites (tertiary alicyclic amines) is 1. The van der Waals surface area contributed by atoms with Gasteiger partial charge in [0.05, 0.1) is 13.0 Å². The van der Waals surface area contributed by atoms with Crippen LogP contribution in [0.1, 0.15) is 54.6 Å². The summed E-state index contributed by atoms with van der Waals surface area (Å²) in [7, 11) is 0. The van der Waals surface area contributed by atoms with Crippen LogP contribution >= 0.6 is 11.6 Å². The maximum Gasteiger partial charge on any atom is 0.306 e. The molecule has 1 aromatic carbocycles. The SMILES string of the molecule is CCOC(=O)CCc1ccc(CN2CCC(c3cccc(OCc4ccc(Cl)cc4F)n3)CC2)c(O)n1. The number of hydrogen-bond acceptors (Lipinski definition) is 7. The number of carbonyl (C=O) groups excluding carboxylic acids is 1. The van der Waals surface area contributed by atoms with Crippen molar-refractivity contribution in [1.29, 1.82) is 0 Å². The van der Waals surface area contributed by atoms with Crippen molar-refractivity contribution in [2.75, 3.05) is 19.7 Å². The van der Waals surface area contributed by atoms with E-state index in [4.69, 9.17) is 21.1 Å². The fourth-order valence-corrected chi connectivity index (χ4v) is 4.56. The van der Waals surface area contributed by atoms with E-state index in [1.807, 2.05) is 24.3 Å². The van der Waals surface area contributed by atoms with Gasteiger partial charge in [0.25, 0.3) is 0 Å². The van der Waals surface area contributed by atoms with E-state index in [-0.39, 0.29) is 24.9 Å². The summed E-state index contributed by atoms with van der Waals surface area (Å²) in [4.78, 5) is 22.8. The minimum Gasteiger partial charge on any atom is -0.493 e. The minimum absolute atomic E-state index is 0.00660. The van der Waals surface area contributed by atoms with E-state index in [1.54, 1.807) is 25.1 Å². The number of aromatic hydroxyl groups is 1. The number of carbonyl (C=O) groups is 1. The van der Waals surface area contributed by atoms with Gasteiger partial charge in [0, 0.05) is 52.5 Å². The Morgan fingerprint density at radius 1 is 1.14 bits per heavy atom. The van der Waals surface area contributed by atoms with E-state index in [0.29, 0.717) is 47.7 Å². The first kappa shape index (κ1) is 26.8. The quantitative estimate of drug-likeness (QED) is 0.352. The molecule has 2 aromatic heterocycles. The lowest BCUT2D eigenvalue weighted by Crippen LogP contribution is -2.32. The van der Waals surface area contributed by atoms with Crippen molar-refractivity contribution >= 4 is 17.6 Å². The van der Waals surface area contributed by atoms with Crippen LogP contribution < -0.4 is 4.74 Å². The number of aromatic nitrogens is 2. The van der Waals surface area contributed by atoms with E-state index >= 15 is 0 Å². The number of rotatable bonds is 10. The van der Waals surface area contributed by atoms with Gasteiger partial charge < -0.3 is 14.6 Å². The molecule has 9 heteroatoms. The molecule has 0 unspecified atom stereocenters. The van der Waals surface area contributed by atoms with Gasteiger partial charge in [0.2, 0.25) is 11.8 Å². The molecule has 0 radical (unpaired) electrons. The molecule has 1 saturated heterocycles. The van der Waals surface area contributed by atoms with Crippen LogP contribution in [-0.4, -0.2) is 45.6 Å². The first-order chi connectivity index (χ1) is 17.9. The molecule has 0 spiro atoms. The molecule has 0 bridgehead atoms. The number of ether oxygens (including phenoxy) is 2. The van der Waals surface area contributed by atoms with Gasteiger partial charge in [-0.25, -0.2) is 14.4 Å². The van der Waals surface area contributed by atoms with Crippen LogP contribution in [0.3, 0.4) is 0 Å². The Balaban J connectivity index is 1.27. The van der Waals surface area contributed by atoms with Gasteiger partial charge in [-0.3, -0.25) is 9.69 Å². The zero-order valence-electron chi connectivity index (χ0n) is 20.8. The average molecular weight is 528 g/mol. The van der Waals surface area contributed by atoms with Crippen LogP contribution in [0.25, 0.3) is 0 Å². The van der Waals surface area contributed by atoms with Gasteiger partial charge in [0.15, 0.2) is 0 Å². The second-order valence-electron chi connectivity index (χ2n) is 9.07. The number of piperidine rings is 1. The summed E-state index contributed by atoms with van der Waals surface area (Å²) >= 11 is 5.81. The van der Waals surface area contributed by atoms with Crippen molar-refractivity contribution in [2.45, 2.75) is 51.7 Å². The van der Waals surface area contributed by atoms with Gasteiger partial charge in [0.1, 0.15) is 12.4 Å². The maximum atomic E-state index is 14.0. The van der Waals surface area contributed by atoms with E-state index in [2.05, 4.69) is 14.9 Å². The molecule has 0 aliphatic carbocycles. The summed E-state index contributed by atoms with van der Waals surface area (Å²) in [5.41, 5.74) is 2.82. The molecule has 7 nitrogen and oxygen atoms in total. The third-order valence-corrected chi connectivity index (χ3v) is 6.67. The lowest BCUT2D eigenvalue weighted by Gasteiger charge is -2.31. The average Bonchev–Trinajstić information content (AvgIpc) is 2.89. The second kappa shape index (κ2) is 12.8. The molecule has 3 heterocycles. The number of hydrogen-bond donors (Lipinski definition) is 1. The van der Waals surface area contributed by atoms with Crippen LogP contribution in [0.5, 0.6) is 11.8 Å². The van der Waals surface area contributed by atoms with Crippen molar-refractivity contribution < 1.29 is 23.8 Å². The second-order valence-corrected chi connectivity index (χ2v) is 9.50. The Kier molecular flexibility index (Phi) is 9.30. The van der Waals surface area contributed by atoms with Crippen molar-refractivity contribution in [1.82, 2.24) is 14.9 Å². The topological polar surface area (TPSA) is 84.8 Å². The molecule has 37 heavy (non-hydrogen) atoms. The summed E-state index contributed by atoms with van der Waals surface area (Å²) in [6, 6.07) is 13.9. The molecular weight excluding hydrogens is 497 g/mol. The summed E-state index contributed by atoms with van der Waals surface area (Å²) in [5, 5.41) is 10.8. The Labute approximate surface area is 221 Å². The molecule has 4 rings (SSSR count). The molecule has 1 aliphatic heterocycles. The first-order valence-corrected chi connectivity index (χ1v) is 12.9. The standard InChI is InChI=1S/C28H31ClFN3O4/c1-2-36-27(34)11-10-23-9-7-20(28(35)31-23)17-33-14-12-19(13-15-33)25-4-3-5-26(32-25)37-18-21-6-8-22(29)16-24(21)30/h3-9,16,19H,2,10-15,17-18H2,1H3,(H,31,35). The zero-order valence-corrected chi connectivity index (χ0v) is 21.6. The molecule has 0 atom stereocenters. The largest absolute Gasteiger partial charge is 0.493 e. The van der Waals surface area contributed by atoms with Crippen LogP contribution in [0, 0.1) is 5.82 Å². The lowest BCUT2D eigenvalue weighted by atomic mass is 9.93. The van der Waals surface area contributed by atoms with Gasteiger partial charge in [-0.2, -0.15) is 0 Å². The Bertz CT molecular complexity index is 1220. The summed E-state index contributed by atoms with van der Waals surface area (Å²) in [6.45, 7) is 4.53. The van der Waals surface area contributed by atoms with Crippen LogP contribution in [0.4, 0.5) is 4.39 Å². The van der Waals surface area contributed by atoms with Gasteiger partial charge in [-0.15, -0.1) is 0 Å². The smallest absolute Gasteiger partial charge is 0.306 e. The number of aryl methyl sites for hydroxylation is 1. The number of halogens is 2. The maximum absolute atomic E-state index is 14.0. The molecular formula is C28H31ClFN3O4. The zero-order chi connectivity index (χ0) is 26.2. The monoisotopic (exact) mass is 527 g/mol. The molecule has 1 fully saturated rings. The first-order valence-electron chi connectivity index (χ1n) is 12.5. The highest BCUT2D eigenvalue weighted by Crippen LogP contribution is 2.29. The predicted molar refractivity (Wildman–Crippen MR) is 138 cm³/mol.